The van der Waals surface area contributed by atoms with Crippen molar-refractivity contribution in [1.29, 1.82) is 0 Å². The van der Waals surface area contributed by atoms with Crippen molar-refractivity contribution < 1.29 is 13.2 Å². The van der Waals surface area contributed by atoms with Gasteiger partial charge < -0.3 is 4.90 Å². The van der Waals surface area contributed by atoms with E-state index in [4.69, 9.17) is 0 Å². The number of carbonyl (C=O) groups is 1. The summed E-state index contributed by atoms with van der Waals surface area (Å²) < 4.78 is 25.6. The molecule has 0 aromatic heterocycles. The normalized spacial score (nSPS) is 30.2. The van der Waals surface area contributed by atoms with Gasteiger partial charge in [-0.3, -0.25) is 4.79 Å². The van der Waals surface area contributed by atoms with Crippen LogP contribution in [0.1, 0.15) is 65.2 Å². The Labute approximate surface area is 146 Å². The van der Waals surface area contributed by atoms with Gasteiger partial charge in [0.1, 0.15) is 0 Å². The van der Waals surface area contributed by atoms with Crippen molar-refractivity contribution in [3.8, 4) is 0 Å². The maximum Gasteiger partial charge on any atom is 0.226 e. The Morgan fingerprint density at radius 3 is 1.92 bits per heavy atom. The Morgan fingerprint density at radius 2 is 1.46 bits per heavy atom. The second kappa shape index (κ2) is 7.32. The highest BCUT2D eigenvalue weighted by molar-refractivity contribution is 7.89. The minimum atomic E-state index is -3.11. The predicted octanol–water partition coefficient (Wildman–Crippen LogP) is 2.62. The number of rotatable bonds is 5. The molecule has 0 aromatic carbocycles. The summed E-state index contributed by atoms with van der Waals surface area (Å²) in [7, 11) is -3.11. The van der Waals surface area contributed by atoms with Gasteiger partial charge in [-0.1, -0.05) is 6.92 Å². The zero-order valence-corrected chi connectivity index (χ0v) is 15.9. The van der Waals surface area contributed by atoms with E-state index >= 15 is 0 Å². The van der Waals surface area contributed by atoms with Crippen LogP contribution in [-0.4, -0.2) is 54.5 Å². The van der Waals surface area contributed by atoms with Crippen LogP contribution in [0, 0.1) is 11.8 Å². The Kier molecular flexibility index (Phi) is 5.55. The molecule has 0 radical (unpaired) electrons. The lowest BCUT2D eigenvalue weighted by molar-refractivity contribution is -0.140. The molecule has 0 atom stereocenters. The van der Waals surface area contributed by atoms with Gasteiger partial charge in [-0.25, -0.2) is 12.7 Å². The maximum absolute atomic E-state index is 13.1. The van der Waals surface area contributed by atoms with E-state index in [0.717, 1.165) is 31.6 Å². The van der Waals surface area contributed by atoms with Crippen LogP contribution in [0.5, 0.6) is 0 Å². The van der Waals surface area contributed by atoms with Crippen molar-refractivity contribution in [2.75, 3.05) is 18.8 Å². The molecule has 0 N–H and O–H groups in total. The first-order valence-electron chi connectivity index (χ1n) is 9.72. The molecule has 1 amide bonds. The zero-order valence-electron chi connectivity index (χ0n) is 15.1. The van der Waals surface area contributed by atoms with E-state index in [1.165, 1.54) is 12.8 Å². The summed E-state index contributed by atoms with van der Waals surface area (Å²) in [5, 5.41) is 0. The van der Waals surface area contributed by atoms with E-state index in [1.807, 2.05) is 0 Å². The largest absolute Gasteiger partial charge is 0.336 e. The van der Waals surface area contributed by atoms with Crippen molar-refractivity contribution in [2.45, 2.75) is 77.3 Å². The third kappa shape index (κ3) is 3.96. The molecule has 2 aliphatic carbocycles. The van der Waals surface area contributed by atoms with Gasteiger partial charge in [-0.15, -0.1) is 0 Å². The molecule has 0 unspecified atom stereocenters. The van der Waals surface area contributed by atoms with E-state index in [-0.39, 0.29) is 11.7 Å². The van der Waals surface area contributed by atoms with E-state index in [9.17, 15) is 13.2 Å². The molecule has 6 heteroatoms. The second-order valence-electron chi connectivity index (χ2n) is 7.96. The summed E-state index contributed by atoms with van der Waals surface area (Å²) in [5.41, 5.74) is 0. The molecule has 24 heavy (non-hydrogen) atoms. The molecule has 3 aliphatic rings. The van der Waals surface area contributed by atoms with Crippen LogP contribution in [0.2, 0.25) is 0 Å². The molecule has 2 saturated carbocycles. The highest BCUT2D eigenvalue weighted by Crippen LogP contribution is 2.37. The van der Waals surface area contributed by atoms with Crippen molar-refractivity contribution in [1.82, 2.24) is 9.21 Å². The SMILES string of the molecule is CCS(=O)(=O)N1CCC(C(=O)N(C2CCC(C)CC2)C2CC2)CC1. The minimum absolute atomic E-state index is 0.0215. The monoisotopic (exact) mass is 356 g/mol. The van der Waals surface area contributed by atoms with Crippen molar-refractivity contribution in [3.63, 3.8) is 0 Å². The average Bonchev–Trinajstić information content (AvgIpc) is 3.42. The summed E-state index contributed by atoms with van der Waals surface area (Å²) in [6.45, 7) is 5.01. The molecule has 138 valence electrons. The fraction of sp³-hybridized carbons (Fsp3) is 0.944. The predicted molar refractivity (Wildman–Crippen MR) is 95.0 cm³/mol. The molecular formula is C18H32N2O3S. The smallest absolute Gasteiger partial charge is 0.226 e. The Balaban J connectivity index is 1.60. The van der Waals surface area contributed by atoms with Gasteiger partial charge in [-0.2, -0.15) is 0 Å². The number of piperidine rings is 1. The first-order valence-corrected chi connectivity index (χ1v) is 11.3. The molecular weight excluding hydrogens is 324 g/mol. The summed E-state index contributed by atoms with van der Waals surface area (Å²) in [6.07, 6.45) is 8.43. The lowest BCUT2D eigenvalue weighted by Crippen LogP contribution is -2.49. The van der Waals surface area contributed by atoms with Gasteiger partial charge in [0.15, 0.2) is 0 Å². The minimum Gasteiger partial charge on any atom is -0.336 e. The van der Waals surface area contributed by atoms with Gasteiger partial charge >= 0.3 is 0 Å². The standard InChI is InChI=1S/C18H32N2O3S/c1-3-24(22,23)19-12-10-15(11-13-19)18(21)20(17-8-9-17)16-6-4-14(2)5-7-16/h14-17H,3-13H2,1-2H3. The number of nitrogens with zero attached hydrogens (tertiary/aromatic N) is 2. The summed E-state index contributed by atoms with van der Waals surface area (Å²) in [6, 6.07) is 0.895. The fourth-order valence-electron chi connectivity index (χ4n) is 4.31. The fourth-order valence-corrected chi connectivity index (χ4v) is 5.44. The number of amides is 1. The van der Waals surface area contributed by atoms with E-state index < -0.39 is 10.0 Å². The first-order chi connectivity index (χ1) is 11.4. The van der Waals surface area contributed by atoms with Gasteiger partial charge in [0.2, 0.25) is 15.9 Å². The highest BCUT2D eigenvalue weighted by Gasteiger charge is 2.41. The first kappa shape index (κ1) is 18.2. The topological polar surface area (TPSA) is 57.7 Å². The van der Waals surface area contributed by atoms with Crippen LogP contribution < -0.4 is 0 Å². The number of hydrogen-bond acceptors (Lipinski definition) is 3. The van der Waals surface area contributed by atoms with Crippen LogP contribution in [0.4, 0.5) is 0 Å². The Morgan fingerprint density at radius 1 is 0.958 bits per heavy atom. The average molecular weight is 357 g/mol. The summed E-state index contributed by atoms with van der Waals surface area (Å²) >= 11 is 0. The third-order valence-corrected chi connectivity index (χ3v) is 8.02. The quantitative estimate of drug-likeness (QED) is 0.761. The molecule has 3 rings (SSSR count). The Hall–Kier alpha value is -0.620. The van der Waals surface area contributed by atoms with E-state index in [0.29, 0.717) is 43.9 Å². The maximum atomic E-state index is 13.1. The van der Waals surface area contributed by atoms with Crippen molar-refractivity contribution in [3.05, 3.63) is 0 Å². The highest BCUT2D eigenvalue weighted by atomic mass is 32.2. The third-order valence-electron chi connectivity index (χ3n) is 6.13. The molecule has 1 aliphatic heterocycles. The molecule has 1 saturated heterocycles. The molecule has 3 fully saturated rings. The number of sulfonamides is 1. The van der Waals surface area contributed by atoms with Crippen LogP contribution in [0.3, 0.4) is 0 Å². The van der Waals surface area contributed by atoms with Crippen molar-refractivity contribution >= 4 is 15.9 Å². The molecule has 0 aromatic rings. The molecule has 1 heterocycles. The van der Waals surface area contributed by atoms with Gasteiger partial charge in [-0.05, 0) is 64.2 Å². The number of carbonyl (C=O) groups excluding carboxylic acids is 1. The lowest BCUT2D eigenvalue weighted by atomic mass is 9.85. The number of hydrogen-bond donors (Lipinski definition) is 0. The van der Waals surface area contributed by atoms with Gasteiger partial charge in [0, 0.05) is 31.1 Å². The van der Waals surface area contributed by atoms with Crippen LogP contribution in [-0.2, 0) is 14.8 Å². The Bertz CT molecular complexity index is 543. The van der Waals surface area contributed by atoms with Gasteiger partial charge in [0.25, 0.3) is 0 Å². The summed E-state index contributed by atoms with van der Waals surface area (Å²) in [4.78, 5) is 15.4. The van der Waals surface area contributed by atoms with E-state index in [1.54, 1.807) is 11.2 Å². The van der Waals surface area contributed by atoms with Crippen LogP contribution in [0.25, 0.3) is 0 Å². The van der Waals surface area contributed by atoms with Gasteiger partial charge in [0.05, 0.1) is 5.75 Å². The lowest BCUT2D eigenvalue weighted by Gasteiger charge is -2.40. The van der Waals surface area contributed by atoms with Crippen molar-refractivity contribution in [2.24, 2.45) is 11.8 Å². The second-order valence-corrected chi connectivity index (χ2v) is 10.2. The van der Waals surface area contributed by atoms with Crippen LogP contribution >= 0.6 is 0 Å². The molecule has 0 bridgehead atoms. The zero-order chi connectivity index (χ0) is 17.3. The molecule has 0 spiro atoms. The van der Waals surface area contributed by atoms with Crippen LogP contribution in [0.15, 0.2) is 0 Å². The molecule has 5 nitrogen and oxygen atoms in total. The summed E-state index contributed by atoms with van der Waals surface area (Å²) in [5.74, 6) is 1.28. The van der Waals surface area contributed by atoms with E-state index in [2.05, 4.69) is 11.8 Å².